The molecule has 0 saturated carbocycles. The second-order valence-corrected chi connectivity index (χ2v) is 4.74. The van der Waals surface area contributed by atoms with Crippen molar-refractivity contribution in [2.75, 3.05) is 0 Å². The number of aryl methyl sites for hydroxylation is 1. The summed E-state index contributed by atoms with van der Waals surface area (Å²) in [5.41, 5.74) is 3.08. The number of hydrogen-bond donors (Lipinski definition) is 0. The Morgan fingerprint density at radius 3 is 3.00 bits per heavy atom. The maximum absolute atomic E-state index is 10.8. The Morgan fingerprint density at radius 1 is 1.43 bits per heavy atom. The summed E-state index contributed by atoms with van der Waals surface area (Å²) >= 11 is 0. The molecule has 0 aliphatic heterocycles. The van der Waals surface area contributed by atoms with E-state index in [0.717, 1.165) is 28.4 Å². The number of carbonyl (C=O) groups is 1. The van der Waals surface area contributed by atoms with Crippen LogP contribution in [0.1, 0.15) is 16.7 Å². The van der Waals surface area contributed by atoms with Crippen LogP contribution in [0.2, 0.25) is 0 Å². The highest BCUT2D eigenvalue weighted by Gasteiger charge is 2.12. The minimum absolute atomic E-state index is 0.338. The summed E-state index contributed by atoms with van der Waals surface area (Å²) in [6.07, 6.45) is 6.35. The van der Waals surface area contributed by atoms with Crippen molar-refractivity contribution in [3.63, 3.8) is 0 Å². The molecule has 5 heteroatoms. The normalized spacial score (nSPS) is 10.5. The van der Waals surface area contributed by atoms with Gasteiger partial charge >= 0.3 is 0 Å². The Bertz CT molecular complexity index is 874. The van der Waals surface area contributed by atoms with E-state index in [1.165, 1.54) is 0 Å². The quantitative estimate of drug-likeness (QED) is 0.688. The lowest BCUT2D eigenvalue weighted by Gasteiger charge is -2.05. The number of pyridine rings is 2. The Hall–Kier alpha value is -3.00. The van der Waals surface area contributed by atoms with E-state index < -0.39 is 0 Å². The van der Waals surface area contributed by atoms with Crippen LogP contribution in [0.4, 0.5) is 0 Å². The third kappa shape index (κ3) is 2.17. The molecule has 0 amide bonds. The second-order valence-electron chi connectivity index (χ2n) is 4.74. The lowest BCUT2D eigenvalue weighted by Crippen LogP contribution is -1.99. The van der Waals surface area contributed by atoms with Gasteiger partial charge in [0, 0.05) is 30.4 Å². The van der Waals surface area contributed by atoms with Crippen molar-refractivity contribution in [1.82, 2.24) is 14.5 Å². The average molecular weight is 276 g/mol. The largest absolute Gasteiger partial charge is 0.303 e. The number of hydrogen-bond acceptors (Lipinski definition) is 4. The van der Waals surface area contributed by atoms with E-state index in [1.807, 2.05) is 35.9 Å². The molecule has 0 aliphatic carbocycles. The number of nitriles is 1. The number of aldehydes is 1. The summed E-state index contributed by atoms with van der Waals surface area (Å²) in [6.45, 7) is 1.87. The third-order valence-electron chi connectivity index (χ3n) is 3.41. The fraction of sp³-hybridized carbons (Fsp3) is 0.125. The first kappa shape index (κ1) is 13.0. The van der Waals surface area contributed by atoms with E-state index in [4.69, 9.17) is 5.26 Å². The summed E-state index contributed by atoms with van der Waals surface area (Å²) in [4.78, 5) is 19.5. The van der Waals surface area contributed by atoms with Gasteiger partial charge < -0.3 is 4.79 Å². The molecule has 0 fully saturated rings. The van der Waals surface area contributed by atoms with Crippen LogP contribution in [0, 0.1) is 18.3 Å². The van der Waals surface area contributed by atoms with Crippen molar-refractivity contribution >= 4 is 17.3 Å². The van der Waals surface area contributed by atoms with E-state index in [1.54, 1.807) is 12.4 Å². The summed E-state index contributed by atoms with van der Waals surface area (Å²) < 4.78 is 1.85. The Kier molecular flexibility index (Phi) is 3.20. The number of nitrogens with zero attached hydrogens (tertiary/aromatic N) is 4. The minimum Gasteiger partial charge on any atom is -0.303 e. The van der Waals surface area contributed by atoms with Gasteiger partial charge in [0.1, 0.15) is 23.8 Å². The van der Waals surface area contributed by atoms with Gasteiger partial charge in [-0.1, -0.05) is 0 Å². The molecule has 0 spiro atoms. The lowest BCUT2D eigenvalue weighted by molar-refractivity contribution is -0.107. The van der Waals surface area contributed by atoms with Crippen molar-refractivity contribution in [2.24, 2.45) is 0 Å². The molecule has 3 heterocycles. The second kappa shape index (κ2) is 5.17. The molecule has 3 rings (SSSR count). The van der Waals surface area contributed by atoms with Crippen LogP contribution in [0.25, 0.3) is 16.9 Å². The zero-order chi connectivity index (χ0) is 14.8. The van der Waals surface area contributed by atoms with Crippen molar-refractivity contribution in [3.05, 3.63) is 53.5 Å². The summed E-state index contributed by atoms with van der Waals surface area (Å²) in [5, 5.41) is 9.92. The van der Waals surface area contributed by atoms with Gasteiger partial charge in [-0.3, -0.25) is 4.57 Å². The molecule has 0 atom stereocenters. The molecular formula is C16H12N4O. The van der Waals surface area contributed by atoms with E-state index in [2.05, 4.69) is 16.0 Å². The van der Waals surface area contributed by atoms with Gasteiger partial charge in [0.05, 0.1) is 5.56 Å². The molecule has 3 aromatic heterocycles. The highest BCUT2D eigenvalue weighted by molar-refractivity contribution is 5.84. The summed E-state index contributed by atoms with van der Waals surface area (Å²) in [7, 11) is 0. The molecule has 0 aromatic carbocycles. The first-order chi connectivity index (χ1) is 10.2. The van der Waals surface area contributed by atoms with E-state index >= 15 is 0 Å². The highest BCUT2D eigenvalue weighted by atomic mass is 16.1. The number of fused-ring (bicyclic) bond motifs is 1. The zero-order valence-electron chi connectivity index (χ0n) is 11.4. The standard InChI is InChI=1S/C16H12N4O/c1-11-7-15(19-9-13(11)8-17)20-10-12(4-6-21)14-3-2-5-18-16(14)20/h2-3,5-7,9-10H,4H2,1H3. The van der Waals surface area contributed by atoms with Crippen LogP contribution in [-0.4, -0.2) is 20.8 Å². The molecule has 21 heavy (non-hydrogen) atoms. The van der Waals surface area contributed by atoms with Crippen LogP contribution in [0.3, 0.4) is 0 Å². The van der Waals surface area contributed by atoms with Crippen LogP contribution in [0.15, 0.2) is 36.8 Å². The van der Waals surface area contributed by atoms with E-state index in [0.29, 0.717) is 17.8 Å². The fourth-order valence-electron chi connectivity index (χ4n) is 2.34. The molecule has 0 unspecified atom stereocenters. The Morgan fingerprint density at radius 2 is 2.29 bits per heavy atom. The summed E-state index contributed by atoms with van der Waals surface area (Å²) in [6, 6.07) is 7.73. The lowest BCUT2D eigenvalue weighted by atomic mass is 10.2. The minimum atomic E-state index is 0.338. The zero-order valence-corrected chi connectivity index (χ0v) is 11.4. The number of rotatable bonds is 3. The summed E-state index contributed by atoms with van der Waals surface area (Å²) in [5.74, 6) is 0.687. The van der Waals surface area contributed by atoms with Crippen LogP contribution >= 0.6 is 0 Å². The van der Waals surface area contributed by atoms with Crippen molar-refractivity contribution in [1.29, 1.82) is 5.26 Å². The van der Waals surface area contributed by atoms with Crippen LogP contribution in [0.5, 0.6) is 0 Å². The molecule has 0 bridgehead atoms. The molecular weight excluding hydrogens is 264 g/mol. The Balaban J connectivity index is 2.23. The van der Waals surface area contributed by atoms with Crippen molar-refractivity contribution in [3.8, 4) is 11.9 Å². The van der Waals surface area contributed by atoms with E-state index in [9.17, 15) is 4.79 Å². The first-order valence-corrected chi connectivity index (χ1v) is 6.50. The molecule has 102 valence electrons. The number of aromatic nitrogens is 3. The first-order valence-electron chi connectivity index (χ1n) is 6.50. The van der Waals surface area contributed by atoms with Crippen molar-refractivity contribution < 1.29 is 4.79 Å². The average Bonchev–Trinajstić information content (AvgIpc) is 2.87. The van der Waals surface area contributed by atoms with E-state index in [-0.39, 0.29) is 0 Å². The van der Waals surface area contributed by atoms with Gasteiger partial charge in [0.15, 0.2) is 0 Å². The highest BCUT2D eigenvalue weighted by Crippen LogP contribution is 2.23. The fourth-order valence-corrected chi connectivity index (χ4v) is 2.34. The Labute approximate surface area is 121 Å². The molecule has 3 aromatic rings. The topological polar surface area (TPSA) is 71.6 Å². The predicted molar refractivity (Wildman–Crippen MR) is 78.1 cm³/mol. The maximum atomic E-state index is 10.8. The van der Waals surface area contributed by atoms with Gasteiger partial charge in [-0.25, -0.2) is 9.97 Å². The molecule has 0 N–H and O–H groups in total. The third-order valence-corrected chi connectivity index (χ3v) is 3.41. The van der Waals surface area contributed by atoms with Gasteiger partial charge in [-0.2, -0.15) is 5.26 Å². The maximum Gasteiger partial charge on any atom is 0.145 e. The SMILES string of the molecule is Cc1cc(-n2cc(CC=O)c3cccnc32)ncc1C#N. The molecule has 0 saturated heterocycles. The van der Waals surface area contributed by atoms with Gasteiger partial charge in [0.2, 0.25) is 0 Å². The predicted octanol–water partition coefficient (Wildman–Crippen LogP) is 2.34. The van der Waals surface area contributed by atoms with Gasteiger partial charge in [-0.15, -0.1) is 0 Å². The molecule has 5 nitrogen and oxygen atoms in total. The van der Waals surface area contributed by atoms with Crippen LogP contribution < -0.4 is 0 Å². The van der Waals surface area contributed by atoms with Crippen LogP contribution in [-0.2, 0) is 11.2 Å². The van der Waals surface area contributed by atoms with Crippen molar-refractivity contribution in [2.45, 2.75) is 13.3 Å². The molecule has 0 radical (unpaired) electrons. The monoisotopic (exact) mass is 276 g/mol. The van der Waals surface area contributed by atoms with Gasteiger partial charge in [-0.05, 0) is 36.2 Å². The molecule has 0 aliphatic rings. The number of carbonyl (C=O) groups excluding carboxylic acids is 1. The van der Waals surface area contributed by atoms with Gasteiger partial charge in [0.25, 0.3) is 0 Å². The smallest absolute Gasteiger partial charge is 0.145 e.